The summed E-state index contributed by atoms with van der Waals surface area (Å²) in [6.07, 6.45) is 0. The van der Waals surface area contributed by atoms with Crippen LogP contribution < -0.4 is 11.5 Å². The number of rotatable bonds is 1. The Bertz CT molecular complexity index is 452. The van der Waals surface area contributed by atoms with E-state index in [1.54, 1.807) is 0 Å². The fourth-order valence-electron chi connectivity index (χ4n) is 1.18. The molecule has 0 radical (unpaired) electrons. The number of aromatic nitrogens is 1. The fourth-order valence-corrected chi connectivity index (χ4v) is 2.34. The molecule has 13 heavy (non-hydrogen) atoms. The first kappa shape index (κ1) is 8.74. The molecular weight excluding hydrogens is 206 g/mol. The highest BCUT2D eigenvalue weighted by atomic mass is 35.5. The molecule has 2 rings (SSSR count). The van der Waals surface area contributed by atoms with Crippen molar-refractivity contribution < 1.29 is 0 Å². The molecule has 0 saturated heterocycles. The smallest absolute Gasteiger partial charge is 0.181 e. The van der Waals surface area contributed by atoms with Gasteiger partial charge in [-0.25, -0.2) is 4.98 Å². The van der Waals surface area contributed by atoms with Gasteiger partial charge in [0.1, 0.15) is 5.52 Å². The normalized spacial score (nSPS) is 10.9. The zero-order valence-electron chi connectivity index (χ0n) is 6.75. The summed E-state index contributed by atoms with van der Waals surface area (Å²) < 4.78 is 0.991. The zero-order chi connectivity index (χ0) is 9.42. The number of halogens is 1. The molecule has 0 aliphatic heterocycles. The molecule has 1 heterocycles. The van der Waals surface area contributed by atoms with Gasteiger partial charge in [-0.05, 0) is 17.7 Å². The van der Waals surface area contributed by atoms with Crippen molar-refractivity contribution in [3.05, 3.63) is 22.7 Å². The van der Waals surface area contributed by atoms with Crippen LogP contribution in [0.2, 0.25) is 5.02 Å². The first-order valence-electron chi connectivity index (χ1n) is 3.75. The maximum atomic E-state index is 5.99. The van der Waals surface area contributed by atoms with Crippen LogP contribution in [0.3, 0.4) is 0 Å². The van der Waals surface area contributed by atoms with Gasteiger partial charge in [-0.1, -0.05) is 22.9 Å². The van der Waals surface area contributed by atoms with E-state index in [9.17, 15) is 0 Å². The molecule has 0 amide bonds. The molecule has 1 aromatic heterocycles. The predicted molar refractivity (Wildman–Crippen MR) is 56.9 cm³/mol. The minimum absolute atomic E-state index is 0.480. The van der Waals surface area contributed by atoms with Gasteiger partial charge < -0.3 is 11.5 Å². The summed E-state index contributed by atoms with van der Waals surface area (Å²) in [7, 11) is 0. The number of nitrogens with zero attached hydrogens (tertiary/aromatic N) is 1. The minimum atomic E-state index is 0.480. The molecule has 0 bridgehead atoms. The summed E-state index contributed by atoms with van der Waals surface area (Å²) in [6, 6.07) is 3.79. The highest BCUT2D eigenvalue weighted by Gasteiger charge is 2.06. The Labute approximate surface area is 84.3 Å². The molecule has 1 aromatic carbocycles. The Balaban J connectivity index is 2.75. The lowest BCUT2D eigenvalue weighted by molar-refractivity contribution is 1.08. The van der Waals surface area contributed by atoms with E-state index < -0.39 is 0 Å². The third-order valence-corrected chi connectivity index (χ3v) is 2.88. The predicted octanol–water partition coefficient (Wildman–Crippen LogP) is 1.99. The van der Waals surface area contributed by atoms with Crippen LogP contribution in [0.5, 0.6) is 0 Å². The number of anilines is 1. The van der Waals surface area contributed by atoms with E-state index in [0.29, 0.717) is 16.7 Å². The van der Waals surface area contributed by atoms with E-state index in [1.165, 1.54) is 11.3 Å². The maximum Gasteiger partial charge on any atom is 0.181 e. The van der Waals surface area contributed by atoms with Crippen molar-refractivity contribution in [3.8, 4) is 0 Å². The molecule has 0 unspecified atom stereocenters. The monoisotopic (exact) mass is 213 g/mol. The quantitative estimate of drug-likeness (QED) is 0.762. The summed E-state index contributed by atoms with van der Waals surface area (Å²) in [5.41, 5.74) is 12.8. The standard InChI is InChI=1S/C8H8ClN3S/c9-5-1-4(3-10)2-6-7(5)12-8(11)13-6/h1-2H,3,10H2,(H2,11,12). The van der Waals surface area contributed by atoms with Crippen molar-refractivity contribution in [2.75, 3.05) is 5.73 Å². The third kappa shape index (κ3) is 1.48. The highest BCUT2D eigenvalue weighted by molar-refractivity contribution is 7.22. The van der Waals surface area contributed by atoms with E-state index in [-0.39, 0.29) is 0 Å². The van der Waals surface area contributed by atoms with Gasteiger partial charge in [0, 0.05) is 6.54 Å². The average Bonchev–Trinajstić information content (AvgIpc) is 2.46. The van der Waals surface area contributed by atoms with Crippen molar-refractivity contribution in [3.63, 3.8) is 0 Å². The van der Waals surface area contributed by atoms with Crippen molar-refractivity contribution in [2.24, 2.45) is 5.73 Å². The van der Waals surface area contributed by atoms with E-state index in [1.807, 2.05) is 12.1 Å². The van der Waals surface area contributed by atoms with Crippen LogP contribution >= 0.6 is 22.9 Å². The van der Waals surface area contributed by atoms with E-state index >= 15 is 0 Å². The van der Waals surface area contributed by atoms with Gasteiger partial charge in [0.15, 0.2) is 5.13 Å². The van der Waals surface area contributed by atoms with Crippen LogP contribution in [0.4, 0.5) is 5.13 Å². The SMILES string of the molecule is NCc1cc(Cl)c2nc(N)sc2c1. The first-order valence-corrected chi connectivity index (χ1v) is 4.94. The Morgan fingerprint density at radius 2 is 2.23 bits per heavy atom. The topological polar surface area (TPSA) is 64.9 Å². The van der Waals surface area contributed by atoms with Gasteiger partial charge in [0.2, 0.25) is 0 Å². The lowest BCUT2D eigenvalue weighted by atomic mass is 10.2. The van der Waals surface area contributed by atoms with Gasteiger partial charge >= 0.3 is 0 Å². The molecule has 68 valence electrons. The molecule has 5 heteroatoms. The van der Waals surface area contributed by atoms with Crippen LogP contribution in [0.15, 0.2) is 12.1 Å². The van der Waals surface area contributed by atoms with Crippen LogP contribution in [0.25, 0.3) is 10.2 Å². The molecule has 0 spiro atoms. The van der Waals surface area contributed by atoms with Crippen molar-refractivity contribution >= 4 is 38.3 Å². The molecule has 2 aromatic rings. The van der Waals surface area contributed by atoms with Gasteiger partial charge in [-0.15, -0.1) is 0 Å². The summed E-state index contributed by atoms with van der Waals surface area (Å²) in [4.78, 5) is 4.11. The molecule has 0 aliphatic rings. The van der Waals surface area contributed by atoms with E-state index in [0.717, 1.165) is 15.8 Å². The molecule has 4 N–H and O–H groups in total. The van der Waals surface area contributed by atoms with Gasteiger partial charge in [0.25, 0.3) is 0 Å². The number of thiazole rings is 1. The highest BCUT2D eigenvalue weighted by Crippen LogP contribution is 2.30. The van der Waals surface area contributed by atoms with Crippen LogP contribution in [0.1, 0.15) is 5.56 Å². The lowest BCUT2D eigenvalue weighted by Crippen LogP contribution is -1.95. The van der Waals surface area contributed by atoms with Crippen molar-refractivity contribution in [1.82, 2.24) is 4.98 Å². The van der Waals surface area contributed by atoms with Gasteiger partial charge in [0.05, 0.1) is 9.72 Å². The minimum Gasteiger partial charge on any atom is -0.375 e. The molecule has 3 nitrogen and oxygen atoms in total. The van der Waals surface area contributed by atoms with E-state index in [4.69, 9.17) is 23.1 Å². The molecule has 0 fully saturated rings. The Hall–Kier alpha value is -0.840. The number of nitrogens with two attached hydrogens (primary N) is 2. The number of fused-ring (bicyclic) bond motifs is 1. The number of hydrogen-bond acceptors (Lipinski definition) is 4. The van der Waals surface area contributed by atoms with Crippen molar-refractivity contribution in [1.29, 1.82) is 0 Å². The summed E-state index contributed by atoms with van der Waals surface area (Å²) in [6.45, 7) is 0.480. The third-order valence-electron chi connectivity index (χ3n) is 1.76. The summed E-state index contributed by atoms with van der Waals surface area (Å²) >= 11 is 7.41. The van der Waals surface area contributed by atoms with Crippen LogP contribution in [0, 0.1) is 0 Å². The Kier molecular flexibility index (Phi) is 2.11. The van der Waals surface area contributed by atoms with Crippen molar-refractivity contribution in [2.45, 2.75) is 6.54 Å². The number of nitrogen functional groups attached to an aromatic ring is 1. The number of hydrogen-bond donors (Lipinski definition) is 2. The lowest BCUT2D eigenvalue weighted by Gasteiger charge is -1.97. The molecule has 0 saturated carbocycles. The molecule has 0 atom stereocenters. The second-order valence-corrected chi connectivity index (χ2v) is 4.15. The first-order chi connectivity index (χ1) is 6.20. The molecular formula is C8H8ClN3S. The summed E-state index contributed by atoms with van der Waals surface area (Å²) in [5.74, 6) is 0. The van der Waals surface area contributed by atoms with Crippen LogP contribution in [-0.4, -0.2) is 4.98 Å². The van der Waals surface area contributed by atoms with E-state index in [2.05, 4.69) is 4.98 Å². The largest absolute Gasteiger partial charge is 0.375 e. The Morgan fingerprint density at radius 1 is 1.46 bits per heavy atom. The second-order valence-electron chi connectivity index (χ2n) is 2.68. The summed E-state index contributed by atoms with van der Waals surface area (Å²) in [5, 5.41) is 1.15. The second kappa shape index (κ2) is 3.14. The maximum absolute atomic E-state index is 5.99. The fraction of sp³-hybridized carbons (Fsp3) is 0.125. The average molecular weight is 214 g/mol. The van der Waals surface area contributed by atoms with Gasteiger partial charge in [-0.2, -0.15) is 0 Å². The zero-order valence-corrected chi connectivity index (χ0v) is 8.32. The van der Waals surface area contributed by atoms with Crippen LogP contribution in [-0.2, 0) is 6.54 Å². The number of benzene rings is 1. The molecule has 0 aliphatic carbocycles. The Morgan fingerprint density at radius 3 is 2.92 bits per heavy atom. The van der Waals surface area contributed by atoms with Gasteiger partial charge in [-0.3, -0.25) is 0 Å².